The minimum Gasteiger partial charge on any atom is -0.378 e. The van der Waals surface area contributed by atoms with E-state index in [2.05, 4.69) is 44.6 Å². The van der Waals surface area contributed by atoms with E-state index in [1.807, 2.05) is 45.3 Å². The fourth-order valence-electron chi connectivity index (χ4n) is 2.79. The van der Waals surface area contributed by atoms with Crippen molar-refractivity contribution in [2.75, 3.05) is 24.3 Å². The minimum absolute atomic E-state index is 0.556. The van der Waals surface area contributed by atoms with E-state index in [0.717, 1.165) is 33.5 Å². The summed E-state index contributed by atoms with van der Waals surface area (Å²) >= 11 is 0. The van der Waals surface area contributed by atoms with Crippen molar-refractivity contribution in [1.82, 2.24) is 15.1 Å². The molecular formula is C20H19N5O. The van der Waals surface area contributed by atoms with Crippen LogP contribution in [-0.4, -0.2) is 29.2 Å². The average molecular weight is 345 g/mol. The molecule has 0 saturated heterocycles. The van der Waals surface area contributed by atoms with Gasteiger partial charge in [-0.2, -0.15) is 0 Å². The van der Waals surface area contributed by atoms with Crippen LogP contribution in [0.2, 0.25) is 0 Å². The molecule has 0 amide bonds. The number of nitrogens with zero attached hydrogens (tertiary/aromatic N) is 4. The first-order chi connectivity index (χ1) is 12.6. The van der Waals surface area contributed by atoms with E-state index in [0.29, 0.717) is 11.7 Å². The zero-order valence-corrected chi connectivity index (χ0v) is 14.9. The molecule has 0 aliphatic rings. The molecule has 6 nitrogen and oxygen atoms in total. The summed E-state index contributed by atoms with van der Waals surface area (Å²) in [4.78, 5) is 11.4. The largest absolute Gasteiger partial charge is 0.378 e. The van der Waals surface area contributed by atoms with E-state index >= 15 is 0 Å². The van der Waals surface area contributed by atoms with Crippen molar-refractivity contribution in [1.29, 1.82) is 0 Å². The van der Waals surface area contributed by atoms with Crippen LogP contribution < -0.4 is 10.2 Å². The van der Waals surface area contributed by atoms with Crippen molar-refractivity contribution in [2.45, 2.75) is 6.92 Å². The first-order valence-electron chi connectivity index (χ1n) is 8.34. The zero-order chi connectivity index (χ0) is 18.1. The standard InChI is InChI=1S/C20H19N5O/c1-13-11-19(26-24-13)23-20-16-5-4-10-21-18(16)12-17(22-20)14-6-8-15(9-7-14)25(2)3/h4-12H,1-3H3,(H,22,23). The van der Waals surface area contributed by atoms with Gasteiger partial charge >= 0.3 is 0 Å². The summed E-state index contributed by atoms with van der Waals surface area (Å²) in [5, 5.41) is 8.06. The Morgan fingerprint density at radius 3 is 2.54 bits per heavy atom. The van der Waals surface area contributed by atoms with Gasteiger partial charge in [-0.3, -0.25) is 4.98 Å². The van der Waals surface area contributed by atoms with E-state index in [4.69, 9.17) is 9.51 Å². The second-order valence-corrected chi connectivity index (χ2v) is 6.33. The molecule has 0 radical (unpaired) electrons. The van der Waals surface area contributed by atoms with Gasteiger partial charge in [-0.1, -0.05) is 17.3 Å². The van der Waals surface area contributed by atoms with E-state index in [1.54, 1.807) is 6.20 Å². The first-order valence-corrected chi connectivity index (χ1v) is 8.34. The summed E-state index contributed by atoms with van der Waals surface area (Å²) in [5.41, 5.74) is 4.70. The van der Waals surface area contributed by atoms with E-state index in [-0.39, 0.29) is 0 Å². The Morgan fingerprint density at radius 1 is 1.04 bits per heavy atom. The Bertz CT molecular complexity index is 1050. The summed E-state index contributed by atoms with van der Waals surface area (Å²) < 4.78 is 5.28. The Labute approximate surface area is 151 Å². The number of aryl methyl sites for hydroxylation is 1. The summed E-state index contributed by atoms with van der Waals surface area (Å²) in [6.45, 7) is 1.88. The Balaban J connectivity index is 1.80. The molecule has 3 aromatic heterocycles. The van der Waals surface area contributed by atoms with Crippen LogP contribution >= 0.6 is 0 Å². The fraction of sp³-hybridized carbons (Fsp3) is 0.150. The molecule has 4 aromatic rings. The number of hydrogen-bond acceptors (Lipinski definition) is 6. The lowest BCUT2D eigenvalue weighted by molar-refractivity contribution is 0.430. The number of benzene rings is 1. The summed E-state index contributed by atoms with van der Waals surface area (Å²) in [7, 11) is 4.04. The van der Waals surface area contributed by atoms with Gasteiger partial charge in [0.05, 0.1) is 16.9 Å². The lowest BCUT2D eigenvalue weighted by Gasteiger charge is -2.13. The van der Waals surface area contributed by atoms with Gasteiger partial charge in [-0.15, -0.1) is 0 Å². The molecule has 130 valence electrons. The highest BCUT2D eigenvalue weighted by Gasteiger charge is 2.11. The van der Waals surface area contributed by atoms with Gasteiger partial charge in [0.15, 0.2) is 0 Å². The Morgan fingerprint density at radius 2 is 1.85 bits per heavy atom. The minimum atomic E-state index is 0.556. The first kappa shape index (κ1) is 16.1. The number of aromatic nitrogens is 3. The molecule has 26 heavy (non-hydrogen) atoms. The third-order valence-corrected chi connectivity index (χ3v) is 4.15. The molecule has 1 N–H and O–H groups in total. The summed E-state index contributed by atoms with van der Waals surface area (Å²) in [5.74, 6) is 1.25. The Hall–Kier alpha value is -3.41. The van der Waals surface area contributed by atoms with Crippen LogP contribution in [0.1, 0.15) is 5.69 Å². The molecule has 4 rings (SSSR count). The lowest BCUT2D eigenvalue weighted by Crippen LogP contribution is -2.08. The number of fused-ring (bicyclic) bond motifs is 1. The van der Waals surface area contributed by atoms with Crippen LogP contribution in [0.25, 0.3) is 22.2 Å². The van der Waals surface area contributed by atoms with Crippen molar-refractivity contribution >= 4 is 28.3 Å². The quantitative estimate of drug-likeness (QED) is 0.591. The highest BCUT2D eigenvalue weighted by Crippen LogP contribution is 2.29. The smallest absolute Gasteiger partial charge is 0.230 e. The topological polar surface area (TPSA) is 67.1 Å². The number of anilines is 3. The second-order valence-electron chi connectivity index (χ2n) is 6.33. The molecular weight excluding hydrogens is 326 g/mol. The molecule has 6 heteroatoms. The maximum absolute atomic E-state index is 5.28. The molecule has 0 aliphatic carbocycles. The second kappa shape index (κ2) is 6.48. The molecule has 1 aromatic carbocycles. The third kappa shape index (κ3) is 3.09. The van der Waals surface area contributed by atoms with Crippen LogP contribution in [0.15, 0.2) is 59.3 Å². The van der Waals surface area contributed by atoms with Gasteiger partial charge in [-0.25, -0.2) is 4.98 Å². The predicted octanol–water partition coefficient (Wildman–Crippen LogP) is 4.40. The van der Waals surface area contributed by atoms with Crippen molar-refractivity contribution < 1.29 is 4.52 Å². The van der Waals surface area contributed by atoms with Crippen molar-refractivity contribution in [3.8, 4) is 11.3 Å². The van der Waals surface area contributed by atoms with E-state index < -0.39 is 0 Å². The van der Waals surface area contributed by atoms with Crippen molar-refractivity contribution in [3.63, 3.8) is 0 Å². The van der Waals surface area contributed by atoms with Gasteiger partial charge in [0.1, 0.15) is 5.82 Å². The maximum atomic E-state index is 5.28. The molecule has 0 unspecified atom stereocenters. The fourth-order valence-corrected chi connectivity index (χ4v) is 2.79. The average Bonchev–Trinajstić information content (AvgIpc) is 3.06. The van der Waals surface area contributed by atoms with Crippen LogP contribution in [-0.2, 0) is 0 Å². The van der Waals surface area contributed by atoms with Gasteiger partial charge in [-0.05, 0) is 37.3 Å². The number of pyridine rings is 2. The van der Waals surface area contributed by atoms with Crippen LogP contribution in [0, 0.1) is 6.92 Å². The van der Waals surface area contributed by atoms with Gasteiger partial charge in [0.2, 0.25) is 5.88 Å². The van der Waals surface area contributed by atoms with Crippen LogP contribution in [0.3, 0.4) is 0 Å². The van der Waals surface area contributed by atoms with E-state index in [1.165, 1.54) is 0 Å². The third-order valence-electron chi connectivity index (χ3n) is 4.15. The SMILES string of the molecule is Cc1cc(Nc2nc(-c3ccc(N(C)C)cc3)cc3ncccc23)on1. The lowest BCUT2D eigenvalue weighted by atomic mass is 10.1. The van der Waals surface area contributed by atoms with Crippen molar-refractivity contribution in [2.24, 2.45) is 0 Å². The molecule has 0 fully saturated rings. The van der Waals surface area contributed by atoms with Gasteiger partial charge in [0.25, 0.3) is 0 Å². The normalized spacial score (nSPS) is 10.9. The molecule has 3 heterocycles. The maximum Gasteiger partial charge on any atom is 0.230 e. The molecule has 0 saturated carbocycles. The van der Waals surface area contributed by atoms with Gasteiger partial charge in [0, 0.05) is 43.0 Å². The predicted molar refractivity (Wildman–Crippen MR) is 104 cm³/mol. The van der Waals surface area contributed by atoms with Crippen molar-refractivity contribution in [3.05, 3.63) is 60.4 Å². The van der Waals surface area contributed by atoms with Gasteiger partial charge < -0.3 is 14.7 Å². The van der Waals surface area contributed by atoms with E-state index in [9.17, 15) is 0 Å². The highest BCUT2D eigenvalue weighted by atomic mass is 16.5. The number of hydrogen-bond donors (Lipinski definition) is 1. The number of nitrogens with one attached hydrogen (secondary N) is 1. The summed E-state index contributed by atoms with van der Waals surface area (Å²) in [6, 6.07) is 16.0. The van der Waals surface area contributed by atoms with Crippen LogP contribution in [0.5, 0.6) is 0 Å². The molecule has 0 bridgehead atoms. The molecule has 0 aliphatic heterocycles. The zero-order valence-electron chi connectivity index (χ0n) is 14.9. The Kier molecular flexibility index (Phi) is 4.01. The summed E-state index contributed by atoms with van der Waals surface area (Å²) in [6.07, 6.45) is 1.78. The monoisotopic (exact) mass is 345 g/mol. The highest BCUT2D eigenvalue weighted by molar-refractivity contribution is 5.93. The number of rotatable bonds is 4. The molecule has 0 spiro atoms. The van der Waals surface area contributed by atoms with Crippen LogP contribution in [0.4, 0.5) is 17.4 Å². The molecule has 0 atom stereocenters.